The molecule has 0 bridgehead atoms. The molecular weight excluding hydrogens is 565 g/mol. The third-order valence-electron chi connectivity index (χ3n) is 5.54. The second-order valence-electron chi connectivity index (χ2n) is 8.01. The Balaban J connectivity index is 1.48. The minimum Gasteiger partial charge on any atom is -0.460 e. The van der Waals surface area contributed by atoms with Crippen LogP contribution in [0.2, 0.25) is 15.1 Å². The van der Waals surface area contributed by atoms with Gasteiger partial charge in [0.15, 0.2) is 4.80 Å². The first-order valence-electron chi connectivity index (χ1n) is 10.7. The first kappa shape index (κ1) is 25.3. The second-order valence-corrected chi connectivity index (χ2v) is 12.2. The van der Waals surface area contributed by atoms with Gasteiger partial charge in [0.05, 0.1) is 32.6 Å². The van der Waals surface area contributed by atoms with Crippen molar-refractivity contribution in [3.8, 4) is 0 Å². The Hall–Kier alpha value is -2.40. The molecule has 186 valence electrons. The monoisotopic (exact) mass is 581 g/mol. The number of benzene rings is 2. The van der Waals surface area contributed by atoms with Crippen molar-refractivity contribution in [2.24, 2.45) is 4.99 Å². The molecule has 0 atom stereocenters. The Morgan fingerprint density at radius 2 is 1.81 bits per heavy atom. The van der Waals surface area contributed by atoms with Crippen LogP contribution < -0.4 is 14.9 Å². The summed E-state index contributed by atoms with van der Waals surface area (Å²) in [5.41, 5.74) is 0.547. The number of furan rings is 1. The third kappa shape index (κ3) is 5.18. The molecule has 36 heavy (non-hydrogen) atoms. The third-order valence-corrected chi connectivity index (χ3v) is 9.38. The van der Waals surface area contributed by atoms with Gasteiger partial charge in [-0.05, 0) is 54.1 Å². The van der Waals surface area contributed by atoms with Gasteiger partial charge in [-0.3, -0.25) is 14.4 Å². The van der Waals surface area contributed by atoms with E-state index in [1.165, 1.54) is 39.9 Å². The van der Waals surface area contributed by atoms with Crippen molar-refractivity contribution >= 4 is 62.2 Å². The normalized spacial score (nSPS) is 13.8. The zero-order valence-corrected chi connectivity index (χ0v) is 22.4. The minimum absolute atomic E-state index is 0.0299. The summed E-state index contributed by atoms with van der Waals surface area (Å²) in [5, 5.41) is 1.13. The first-order valence-corrected chi connectivity index (χ1v) is 14.1. The second kappa shape index (κ2) is 10.2. The molecule has 0 fully saturated rings. The predicted octanol–water partition coefficient (Wildman–Crippen LogP) is 4.32. The lowest BCUT2D eigenvalue weighted by Crippen LogP contribution is -2.30. The van der Waals surface area contributed by atoms with E-state index in [1.807, 2.05) is 0 Å². The van der Waals surface area contributed by atoms with E-state index in [0.717, 1.165) is 0 Å². The number of hydrogen-bond acceptors (Lipinski definition) is 6. The highest BCUT2D eigenvalue weighted by atomic mass is 35.5. The van der Waals surface area contributed by atoms with Gasteiger partial charge < -0.3 is 4.42 Å². The van der Waals surface area contributed by atoms with Gasteiger partial charge in [-0.15, -0.1) is 0 Å². The lowest BCUT2D eigenvalue weighted by Gasteiger charge is -2.22. The zero-order chi connectivity index (χ0) is 25.4. The molecule has 0 radical (unpaired) electrons. The zero-order valence-electron chi connectivity index (χ0n) is 18.5. The van der Waals surface area contributed by atoms with Crippen molar-refractivity contribution in [3.05, 3.63) is 106 Å². The molecule has 0 amide bonds. The molecule has 0 aliphatic carbocycles. The van der Waals surface area contributed by atoms with Gasteiger partial charge >= 0.3 is 0 Å². The summed E-state index contributed by atoms with van der Waals surface area (Å²) in [4.78, 5) is 17.6. The Labute approximate surface area is 225 Å². The van der Waals surface area contributed by atoms with Gasteiger partial charge in [-0.1, -0.05) is 52.2 Å². The molecule has 0 saturated carbocycles. The van der Waals surface area contributed by atoms with E-state index in [-0.39, 0.29) is 23.5 Å². The molecule has 5 rings (SSSR count). The summed E-state index contributed by atoms with van der Waals surface area (Å²) in [5.74, 6) is 0.855. The molecule has 0 saturated heterocycles. The molecule has 1 aliphatic heterocycles. The summed E-state index contributed by atoms with van der Waals surface area (Å²) < 4.78 is 36.4. The fourth-order valence-electron chi connectivity index (χ4n) is 3.75. The van der Waals surface area contributed by atoms with Crippen LogP contribution in [0.25, 0.3) is 6.08 Å². The van der Waals surface area contributed by atoms with Gasteiger partial charge in [-0.25, -0.2) is 8.42 Å². The highest BCUT2D eigenvalue weighted by molar-refractivity contribution is 7.89. The molecular formula is C24H18Cl3N3O4S2. The fraction of sp³-hybridized carbons (Fsp3) is 0.167. The van der Waals surface area contributed by atoms with Gasteiger partial charge in [0.25, 0.3) is 5.56 Å². The predicted molar refractivity (Wildman–Crippen MR) is 141 cm³/mol. The molecule has 1 aliphatic rings. The fourth-order valence-corrected chi connectivity index (χ4v) is 6.60. The van der Waals surface area contributed by atoms with Crippen molar-refractivity contribution in [1.29, 1.82) is 0 Å². The lowest BCUT2D eigenvalue weighted by atomic mass is 10.2. The number of nitrogens with zero attached hydrogens (tertiary/aromatic N) is 3. The number of rotatable bonds is 7. The summed E-state index contributed by atoms with van der Waals surface area (Å²) in [6.45, 7) is 1.17. The number of aromatic nitrogens is 1. The van der Waals surface area contributed by atoms with E-state index in [1.54, 1.807) is 41.0 Å². The molecule has 0 N–H and O–H groups in total. The van der Waals surface area contributed by atoms with Gasteiger partial charge in [0.1, 0.15) is 11.5 Å². The minimum atomic E-state index is -3.93. The molecule has 3 heterocycles. The van der Waals surface area contributed by atoms with Crippen LogP contribution in [0.5, 0.6) is 0 Å². The number of halogens is 3. The standard InChI is InChI=1S/C24H18Cl3N3O4S2/c25-16-2-6-19(7-3-16)36(32,33)29(13-15-1-8-20(26)21(27)11-15)14-18-5-4-17(34-18)12-22-23(31)30-10-9-28-24(30)35-22/h1-8,11-12H,9-10,13-14H2/b22-12-. The lowest BCUT2D eigenvalue weighted by molar-refractivity contribution is 0.357. The van der Waals surface area contributed by atoms with Gasteiger partial charge in [0.2, 0.25) is 10.0 Å². The quantitative estimate of drug-likeness (QED) is 0.325. The molecule has 0 spiro atoms. The number of thiazole rings is 1. The molecule has 2 aromatic heterocycles. The summed E-state index contributed by atoms with van der Waals surface area (Å²) in [7, 11) is -3.93. The van der Waals surface area contributed by atoms with Crippen LogP contribution >= 0.6 is 46.1 Å². The molecule has 0 unspecified atom stereocenters. The molecule has 2 aromatic carbocycles. The average molecular weight is 583 g/mol. The summed E-state index contributed by atoms with van der Waals surface area (Å²) in [6, 6.07) is 14.3. The van der Waals surface area contributed by atoms with Crippen LogP contribution in [0.3, 0.4) is 0 Å². The number of sulfonamides is 1. The van der Waals surface area contributed by atoms with Crippen LogP contribution in [0.1, 0.15) is 17.1 Å². The van der Waals surface area contributed by atoms with Crippen LogP contribution in [-0.2, 0) is 29.7 Å². The van der Waals surface area contributed by atoms with Crippen molar-refractivity contribution in [2.75, 3.05) is 6.54 Å². The first-order chi connectivity index (χ1) is 17.2. The van der Waals surface area contributed by atoms with E-state index in [0.29, 0.717) is 54.6 Å². The number of hydrogen-bond donors (Lipinski definition) is 0. The van der Waals surface area contributed by atoms with E-state index in [9.17, 15) is 13.2 Å². The Bertz CT molecular complexity index is 1730. The molecule has 4 aromatic rings. The van der Waals surface area contributed by atoms with Crippen LogP contribution in [0.4, 0.5) is 0 Å². The number of fused-ring (bicyclic) bond motifs is 1. The average Bonchev–Trinajstić information content (AvgIpc) is 3.55. The van der Waals surface area contributed by atoms with E-state index < -0.39 is 10.0 Å². The van der Waals surface area contributed by atoms with E-state index >= 15 is 0 Å². The van der Waals surface area contributed by atoms with Gasteiger partial charge in [-0.2, -0.15) is 4.31 Å². The maximum atomic E-state index is 13.5. The molecule has 12 heteroatoms. The topological polar surface area (TPSA) is 84.9 Å². The van der Waals surface area contributed by atoms with Crippen LogP contribution in [0.15, 0.2) is 73.7 Å². The van der Waals surface area contributed by atoms with Crippen molar-refractivity contribution in [3.63, 3.8) is 0 Å². The van der Waals surface area contributed by atoms with Crippen molar-refractivity contribution < 1.29 is 12.8 Å². The Kier molecular flexibility index (Phi) is 7.13. The van der Waals surface area contributed by atoms with Gasteiger partial charge in [0, 0.05) is 24.2 Å². The highest BCUT2D eigenvalue weighted by Gasteiger charge is 2.26. The highest BCUT2D eigenvalue weighted by Crippen LogP contribution is 2.27. The smallest absolute Gasteiger partial charge is 0.270 e. The van der Waals surface area contributed by atoms with Crippen LogP contribution in [0, 0.1) is 0 Å². The van der Waals surface area contributed by atoms with Crippen molar-refractivity contribution in [1.82, 2.24) is 8.87 Å². The van der Waals surface area contributed by atoms with E-state index in [4.69, 9.17) is 39.2 Å². The van der Waals surface area contributed by atoms with Crippen molar-refractivity contribution in [2.45, 2.75) is 24.5 Å². The maximum Gasteiger partial charge on any atom is 0.270 e. The van der Waals surface area contributed by atoms with Crippen LogP contribution in [-0.4, -0.2) is 23.8 Å². The summed E-state index contributed by atoms with van der Waals surface area (Å²) in [6.07, 6.45) is 1.65. The Morgan fingerprint density at radius 3 is 2.53 bits per heavy atom. The SMILES string of the molecule is O=c1/c(=C/c2ccc(CN(Cc3ccc(Cl)c(Cl)c3)S(=O)(=O)c3ccc(Cl)cc3)o2)sc2n1CCN=2. The Morgan fingerprint density at radius 1 is 1.03 bits per heavy atom. The maximum absolute atomic E-state index is 13.5. The largest absolute Gasteiger partial charge is 0.460 e. The molecule has 7 nitrogen and oxygen atoms in total. The van der Waals surface area contributed by atoms with E-state index in [2.05, 4.69) is 4.99 Å². The summed E-state index contributed by atoms with van der Waals surface area (Å²) >= 11 is 19.4.